The van der Waals surface area contributed by atoms with E-state index >= 15 is 0 Å². The zero-order chi connectivity index (χ0) is 14.5. The number of pyridine rings is 1. The topological polar surface area (TPSA) is 75.9 Å². The van der Waals surface area contributed by atoms with Crippen LogP contribution in [0.25, 0.3) is 5.69 Å². The van der Waals surface area contributed by atoms with Gasteiger partial charge in [0.25, 0.3) is 0 Å². The van der Waals surface area contributed by atoms with Gasteiger partial charge in [-0.15, -0.1) is 5.10 Å². The van der Waals surface area contributed by atoms with Gasteiger partial charge in [0.15, 0.2) is 0 Å². The van der Waals surface area contributed by atoms with E-state index in [2.05, 4.69) is 20.6 Å². The maximum Gasteiger partial charge on any atom is 0.317 e. The summed E-state index contributed by atoms with van der Waals surface area (Å²) in [7, 11) is 0. The Morgan fingerprint density at radius 2 is 2.14 bits per heavy atom. The van der Waals surface area contributed by atoms with E-state index in [0.717, 1.165) is 37.3 Å². The van der Waals surface area contributed by atoms with Crippen LogP contribution in [0.2, 0.25) is 0 Å². The van der Waals surface area contributed by atoms with Gasteiger partial charge in [-0.05, 0) is 31.4 Å². The number of hydrogen-bond acceptors (Lipinski definition) is 4. The fourth-order valence-electron chi connectivity index (χ4n) is 2.37. The summed E-state index contributed by atoms with van der Waals surface area (Å²) in [5, 5.41) is 11.0. The molecule has 0 unspecified atom stereocenters. The van der Waals surface area contributed by atoms with Crippen LogP contribution in [0.5, 0.6) is 0 Å². The third-order valence-electron chi connectivity index (χ3n) is 3.52. The average Bonchev–Trinajstić information content (AvgIpc) is 3.03. The second-order valence-corrected chi connectivity index (χ2v) is 5.07. The standard InChI is InChI=1S/C14H18N6O/c21-14(19-7-2-1-3-8-19)16-9-12-11-20(18-17-12)13-5-4-6-15-10-13/h4-6,10-11H,1-3,7-9H2,(H,16,21). The van der Waals surface area contributed by atoms with Gasteiger partial charge in [0, 0.05) is 19.3 Å². The molecule has 2 amide bonds. The van der Waals surface area contributed by atoms with E-state index in [-0.39, 0.29) is 6.03 Å². The lowest BCUT2D eigenvalue weighted by Gasteiger charge is -2.26. The van der Waals surface area contributed by atoms with E-state index in [9.17, 15) is 4.79 Å². The second-order valence-electron chi connectivity index (χ2n) is 5.07. The largest absolute Gasteiger partial charge is 0.332 e. The van der Waals surface area contributed by atoms with Gasteiger partial charge >= 0.3 is 6.03 Å². The molecule has 0 bridgehead atoms. The number of nitrogens with one attached hydrogen (secondary N) is 1. The number of aromatic nitrogens is 4. The van der Waals surface area contributed by atoms with Gasteiger partial charge in [0.1, 0.15) is 5.69 Å². The van der Waals surface area contributed by atoms with Crippen molar-refractivity contribution in [2.24, 2.45) is 0 Å². The van der Waals surface area contributed by atoms with Gasteiger partial charge < -0.3 is 10.2 Å². The number of likely N-dealkylation sites (tertiary alicyclic amines) is 1. The molecule has 110 valence electrons. The third kappa shape index (κ3) is 3.36. The molecule has 2 aromatic heterocycles. The molecule has 1 saturated heterocycles. The zero-order valence-corrected chi connectivity index (χ0v) is 11.8. The Morgan fingerprint density at radius 1 is 1.29 bits per heavy atom. The fourth-order valence-corrected chi connectivity index (χ4v) is 2.37. The van der Waals surface area contributed by atoms with Crippen LogP contribution >= 0.6 is 0 Å². The van der Waals surface area contributed by atoms with Gasteiger partial charge in [-0.25, -0.2) is 9.48 Å². The molecule has 21 heavy (non-hydrogen) atoms. The molecule has 7 heteroatoms. The fraction of sp³-hybridized carbons (Fsp3) is 0.429. The number of urea groups is 1. The predicted molar refractivity (Wildman–Crippen MR) is 76.8 cm³/mol. The van der Waals surface area contributed by atoms with E-state index in [1.54, 1.807) is 23.3 Å². The maximum atomic E-state index is 12.0. The Kier molecular flexibility index (Phi) is 4.09. The van der Waals surface area contributed by atoms with Crippen LogP contribution < -0.4 is 5.32 Å². The Bertz CT molecular complexity index is 591. The van der Waals surface area contributed by atoms with Crippen molar-refractivity contribution in [2.45, 2.75) is 25.8 Å². The normalized spacial score (nSPS) is 15.0. The van der Waals surface area contributed by atoms with Gasteiger partial charge in [-0.3, -0.25) is 4.98 Å². The van der Waals surface area contributed by atoms with E-state index in [0.29, 0.717) is 6.54 Å². The highest BCUT2D eigenvalue weighted by Gasteiger charge is 2.16. The second kappa shape index (κ2) is 6.34. The Hall–Kier alpha value is -2.44. The molecule has 0 radical (unpaired) electrons. The van der Waals surface area contributed by atoms with Crippen LogP contribution in [0.4, 0.5) is 4.79 Å². The van der Waals surface area contributed by atoms with Crippen LogP contribution in [0.3, 0.4) is 0 Å². The molecule has 3 rings (SSSR count). The molecule has 0 atom stereocenters. The Labute approximate surface area is 123 Å². The molecule has 3 heterocycles. The third-order valence-corrected chi connectivity index (χ3v) is 3.52. The molecule has 1 aliphatic rings. The summed E-state index contributed by atoms with van der Waals surface area (Å²) in [6.07, 6.45) is 8.61. The highest BCUT2D eigenvalue weighted by Crippen LogP contribution is 2.09. The molecule has 0 aromatic carbocycles. The number of amides is 2. The summed E-state index contributed by atoms with van der Waals surface area (Å²) in [4.78, 5) is 17.9. The van der Waals surface area contributed by atoms with Crippen molar-refractivity contribution in [1.82, 2.24) is 30.2 Å². The van der Waals surface area contributed by atoms with Crippen molar-refractivity contribution in [3.63, 3.8) is 0 Å². The molecule has 0 spiro atoms. The van der Waals surface area contributed by atoms with Crippen LogP contribution in [0.15, 0.2) is 30.7 Å². The molecular weight excluding hydrogens is 268 g/mol. The van der Waals surface area contributed by atoms with Crippen molar-refractivity contribution in [1.29, 1.82) is 0 Å². The first-order valence-electron chi connectivity index (χ1n) is 7.17. The van der Waals surface area contributed by atoms with Crippen LogP contribution in [0, 0.1) is 0 Å². The summed E-state index contributed by atoms with van der Waals surface area (Å²) in [6.45, 7) is 2.07. The van der Waals surface area contributed by atoms with Crippen molar-refractivity contribution >= 4 is 6.03 Å². The minimum Gasteiger partial charge on any atom is -0.332 e. The van der Waals surface area contributed by atoms with Crippen molar-refractivity contribution < 1.29 is 4.79 Å². The first-order chi connectivity index (χ1) is 10.3. The highest BCUT2D eigenvalue weighted by atomic mass is 16.2. The summed E-state index contributed by atoms with van der Waals surface area (Å²) in [5.74, 6) is 0. The van der Waals surface area contributed by atoms with E-state index in [1.165, 1.54) is 6.42 Å². The lowest BCUT2D eigenvalue weighted by molar-refractivity contribution is 0.186. The summed E-state index contributed by atoms with van der Waals surface area (Å²) in [6, 6.07) is 3.72. The van der Waals surface area contributed by atoms with Crippen LogP contribution in [-0.2, 0) is 6.54 Å². The maximum absolute atomic E-state index is 12.0. The first kappa shape index (κ1) is 13.5. The first-order valence-corrected chi connectivity index (χ1v) is 7.17. The predicted octanol–water partition coefficient (Wildman–Crippen LogP) is 1.36. The smallest absolute Gasteiger partial charge is 0.317 e. The summed E-state index contributed by atoms with van der Waals surface area (Å²) in [5.41, 5.74) is 1.57. The summed E-state index contributed by atoms with van der Waals surface area (Å²) >= 11 is 0. The van der Waals surface area contributed by atoms with Gasteiger partial charge in [0.2, 0.25) is 0 Å². The number of rotatable bonds is 3. The van der Waals surface area contributed by atoms with Gasteiger partial charge in [0.05, 0.1) is 24.6 Å². The lowest BCUT2D eigenvalue weighted by atomic mass is 10.1. The molecule has 0 aliphatic carbocycles. The summed E-state index contributed by atoms with van der Waals surface area (Å²) < 4.78 is 1.65. The number of nitrogens with zero attached hydrogens (tertiary/aromatic N) is 5. The SMILES string of the molecule is O=C(NCc1cn(-c2cccnc2)nn1)N1CCCCC1. The highest BCUT2D eigenvalue weighted by molar-refractivity contribution is 5.74. The number of hydrogen-bond donors (Lipinski definition) is 1. The Balaban J connectivity index is 1.56. The quantitative estimate of drug-likeness (QED) is 0.924. The van der Waals surface area contributed by atoms with Crippen LogP contribution in [-0.4, -0.2) is 44.0 Å². The van der Waals surface area contributed by atoms with Gasteiger partial charge in [-0.1, -0.05) is 5.21 Å². The zero-order valence-electron chi connectivity index (χ0n) is 11.8. The molecule has 0 saturated carbocycles. The minimum absolute atomic E-state index is 0.0226. The van der Waals surface area contributed by atoms with E-state index in [1.807, 2.05) is 17.0 Å². The van der Waals surface area contributed by atoms with Crippen molar-refractivity contribution in [3.8, 4) is 5.69 Å². The molecule has 2 aromatic rings. The molecule has 1 aliphatic heterocycles. The molecule has 1 fully saturated rings. The molecule has 7 nitrogen and oxygen atoms in total. The number of piperidine rings is 1. The number of carbonyl (C=O) groups is 1. The van der Waals surface area contributed by atoms with Gasteiger partial charge in [-0.2, -0.15) is 0 Å². The van der Waals surface area contributed by atoms with E-state index < -0.39 is 0 Å². The molecular formula is C14H18N6O. The monoisotopic (exact) mass is 286 g/mol. The average molecular weight is 286 g/mol. The van der Waals surface area contributed by atoms with Crippen molar-refractivity contribution in [3.05, 3.63) is 36.4 Å². The molecule has 1 N–H and O–H groups in total. The van der Waals surface area contributed by atoms with Crippen molar-refractivity contribution in [2.75, 3.05) is 13.1 Å². The van der Waals surface area contributed by atoms with E-state index in [4.69, 9.17) is 0 Å². The van der Waals surface area contributed by atoms with Crippen LogP contribution in [0.1, 0.15) is 25.0 Å². The lowest BCUT2D eigenvalue weighted by Crippen LogP contribution is -2.42. The Morgan fingerprint density at radius 3 is 2.90 bits per heavy atom. The minimum atomic E-state index is -0.0226. The number of carbonyl (C=O) groups excluding carboxylic acids is 1.